The van der Waals surface area contributed by atoms with Crippen molar-refractivity contribution in [1.29, 1.82) is 0 Å². The largest absolute Gasteiger partial charge is 0.372 e. The van der Waals surface area contributed by atoms with E-state index in [4.69, 9.17) is 4.74 Å². The van der Waals surface area contributed by atoms with Gasteiger partial charge in [0.2, 0.25) is 0 Å². The van der Waals surface area contributed by atoms with Gasteiger partial charge in [0.1, 0.15) is 5.82 Å². The minimum atomic E-state index is -0.158. The quantitative estimate of drug-likeness (QED) is 0.775. The maximum Gasteiger partial charge on any atom is 0.123 e. The number of ether oxygens (including phenoxy) is 1. The molecule has 0 fully saturated rings. The van der Waals surface area contributed by atoms with E-state index in [2.05, 4.69) is 5.32 Å². The number of rotatable bonds is 2. The zero-order chi connectivity index (χ0) is 9.97. The fraction of sp³-hybridized carbons (Fsp3) is 0.455. The van der Waals surface area contributed by atoms with Crippen molar-refractivity contribution in [2.75, 3.05) is 20.2 Å². The molecule has 0 aromatic heterocycles. The summed E-state index contributed by atoms with van der Waals surface area (Å²) in [7, 11) is 1.89. The smallest absolute Gasteiger partial charge is 0.123 e. The van der Waals surface area contributed by atoms with Crippen LogP contribution >= 0.6 is 0 Å². The van der Waals surface area contributed by atoms with E-state index >= 15 is 0 Å². The highest BCUT2D eigenvalue weighted by atomic mass is 19.1. The summed E-state index contributed by atoms with van der Waals surface area (Å²) in [5.74, 6) is -0.158. The Hall–Kier alpha value is -0.930. The Labute approximate surface area is 83.1 Å². The van der Waals surface area contributed by atoms with Crippen molar-refractivity contribution in [2.45, 2.75) is 12.5 Å². The van der Waals surface area contributed by atoms with Gasteiger partial charge in [-0.3, -0.25) is 0 Å². The zero-order valence-electron chi connectivity index (χ0n) is 8.22. The van der Waals surface area contributed by atoms with Gasteiger partial charge in [0.25, 0.3) is 0 Å². The molecule has 1 N–H and O–H groups in total. The minimum absolute atomic E-state index is 0.0735. The number of nitrogens with one attached hydrogen (secondary N) is 1. The molecule has 0 aliphatic carbocycles. The Kier molecular flexibility index (Phi) is 2.79. The third-order valence-corrected chi connectivity index (χ3v) is 2.53. The Balaban J connectivity index is 2.30. The summed E-state index contributed by atoms with van der Waals surface area (Å²) in [5, 5.41) is 3.07. The molecular weight excluding hydrogens is 181 g/mol. The van der Waals surface area contributed by atoms with Gasteiger partial charge in [-0.15, -0.1) is 0 Å². The fourth-order valence-corrected chi connectivity index (χ4v) is 1.86. The Morgan fingerprint density at radius 3 is 3.21 bits per heavy atom. The van der Waals surface area contributed by atoms with E-state index in [1.807, 2.05) is 13.1 Å². The Morgan fingerprint density at radius 2 is 2.43 bits per heavy atom. The molecule has 1 heterocycles. The number of hydrogen-bond acceptors (Lipinski definition) is 2. The highest BCUT2D eigenvalue weighted by molar-refractivity contribution is 5.31. The van der Waals surface area contributed by atoms with Crippen molar-refractivity contribution >= 4 is 0 Å². The van der Waals surface area contributed by atoms with E-state index in [1.165, 1.54) is 6.07 Å². The van der Waals surface area contributed by atoms with Crippen LogP contribution in [0.25, 0.3) is 0 Å². The first-order valence-corrected chi connectivity index (χ1v) is 4.86. The molecule has 14 heavy (non-hydrogen) atoms. The lowest BCUT2D eigenvalue weighted by Gasteiger charge is -2.25. The molecule has 1 aromatic rings. The van der Waals surface area contributed by atoms with E-state index in [-0.39, 0.29) is 11.9 Å². The summed E-state index contributed by atoms with van der Waals surface area (Å²) in [4.78, 5) is 0. The molecule has 0 spiro atoms. The lowest BCUT2D eigenvalue weighted by molar-refractivity contribution is 0.0437. The average molecular weight is 195 g/mol. The molecule has 2 nitrogen and oxygen atoms in total. The first-order chi connectivity index (χ1) is 6.81. The summed E-state index contributed by atoms with van der Waals surface area (Å²) < 4.78 is 18.6. The third-order valence-electron chi connectivity index (χ3n) is 2.53. The summed E-state index contributed by atoms with van der Waals surface area (Å²) >= 11 is 0. The van der Waals surface area contributed by atoms with Crippen molar-refractivity contribution in [3.8, 4) is 0 Å². The van der Waals surface area contributed by atoms with Crippen molar-refractivity contribution in [3.05, 3.63) is 35.1 Å². The minimum Gasteiger partial charge on any atom is -0.372 e. The van der Waals surface area contributed by atoms with Gasteiger partial charge in [0, 0.05) is 6.54 Å². The molecule has 0 bridgehead atoms. The topological polar surface area (TPSA) is 21.3 Å². The Bertz CT molecular complexity index is 327. The summed E-state index contributed by atoms with van der Waals surface area (Å²) in [6.07, 6.45) is 0.886. The summed E-state index contributed by atoms with van der Waals surface area (Å²) in [6.45, 7) is 1.46. The second-order valence-corrected chi connectivity index (χ2v) is 3.51. The first-order valence-electron chi connectivity index (χ1n) is 4.86. The number of fused-ring (bicyclic) bond motifs is 1. The molecule has 3 heteroatoms. The van der Waals surface area contributed by atoms with Crippen LogP contribution in [-0.2, 0) is 11.2 Å². The van der Waals surface area contributed by atoms with Gasteiger partial charge < -0.3 is 10.1 Å². The molecule has 2 rings (SSSR count). The fourth-order valence-electron chi connectivity index (χ4n) is 1.86. The number of halogens is 1. The number of likely N-dealkylation sites (N-methyl/N-ethyl adjacent to an activating group) is 1. The molecule has 76 valence electrons. The highest BCUT2D eigenvalue weighted by Gasteiger charge is 2.20. The Morgan fingerprint density at radius 1 is 1.57 bits per heavy atom. The van der Waals surface area contributed by atoms with Gasteiger partial charge in [-0.25, -0.2) is 4.39 Å². The normalized spacial score (nSPS) is 20.6. The van der Waals surface area contributed by atoms with Crippen LogP contribution < -0.4 is 5.32 Å². The second-order valence-electron chi connectivity index (χ2n) is 3.51. The number of hydrogen-bond donors (Lipinski definition) is 1. The lowest BCUT2D eigenvalue weighted by Crippen LogP contribution is -2.25. The molecule has 0 radical (unpaired) electrons. The zero-order valence-corrected chi connectivity index (χ0v) is 8.22. The molecule has 0 saturated heterocycles. The third kappa shape index (κ3) is 1.79. The predicted octanol–water partition coefficient (Wildman–Crippen LogP) is 1.66. The molecule has 1 aliphatic heterocycles. The van der Waals surface area contributed by atoms with E-state index in [0.717, 1.165) is 24.1 Å². The SMILES string of the molecule is CNC[C@@H]1OCCc2cc(F)ccc21. The average Bonchev–Trinajstić information content (AvgIpc) is 2.18. The second kappa shape index (κ2) is 4.07. The molecule has 1 atom stereocenters. The molecule has 1 aliphatic rings. The molecule has 0 unspecified atom stereocenters. The van der Waals surface area contributed by atoms with Crippen LogP contribution in [0.3, 0.4) is 0 Å². The van der Waals surface area contributed by atoms with Crippen LogP contribution in [0.2, 0.25) is 0 Å². The van der Waals surface area contributed by atoms with Gasteiger partial charge in [0.15, 0.2) is 0 Å². The van der Waals surface area contributed by atoms with Gasteiger partial charge in [-0.1, -0.05) is 6.07 Å². The van der Waals surface area contributed by atoms with Crippen LogP contribution in [0.15, 0.2) is 18.2 Å². The van der Waals surface area contributed by atoms with Crippen LogP contribution in [-0.4, -0.2) is 20.2 Å². The van der Waals surface area contributed by atoms with E-state index < -0.39 is 0 Å². The van der Waals surface area contributed by atoms with Crippen LogP contribution in [0.4, 0.5) is 4.39 Å². The molecule has 0 saturated carbocycles. The number of benzene rings is 1. The van der Waals surface area contributed by atoms with Crippen LogP contribution in [0, 0.1) is 5.82 Å². The van der Waals surface area contributed by atoms with Crippen molar-refractivity contribution < 1.29 is 9.13 Å². The molecular formula is C11H14FNO. The highest BCUT2D eigenvalue weighted by Crippen LogP contribution is 2.26. The maximum absolute atomic E-state index is 13.0. The van der Waals surface area contributed by atoms with Crippen molar-refractivity contribution in [1.82, 2.24) is 5.32 Å². The molecule has 1 aromatic carbocycles. The first kappa shape index (κ1) is 9.62. The maximum atomic E-state index is 13.0. The van der Waals surface area contributed by atoms with Crippen molar-refractivity contribution in [3.63, 3.8) is 0 Å². The van der Waals surface area contributed by atoms with E-state index in [0.29, 0.717) is 6.61 Å². The van der Waals surface area contributed by atoms with Crippen LogP contribution in [0.5, 0.6) is 0 Å². The van der Waals surface area contributed by atoms with E-state index in [1.54, 1.807) is 6.07 Å². The van der Waals surface area contributed by atoms with Gasteiger partial charge in [-0.2, -0.15) is 0 Å². The van der Waals surface area contributed by atoms with Gasteiger partial charge in [0.05, 0.1) is 12.7 Å². The summed E-state index contributed by atoms with van der Waals surface area (Å²) in [5.41, 5.74) is 2.20. The summed E-state index contributed by atoms with van der Waals surface area (Å²) in [6, 6.07) is 4.93. The molecule has 0 amide bonds. The van der Waals surface area contributed by atoms with E-state index in [9.17, 15) is 4.39 Å². The van der Waals surface area contributed by atoms with Crippen LogP contribution in [0.1, 0.15) is 17.2 Å². The predicted molar refractivity (Wildman–Crippen MR) is 52.7 cm³/mol. The van der Waals surface area contributed by atoms with Gasteiger partial charge >= 0.3 is 0 Å². The van der Waals surface area contributed by atoms with Gasteiger partial charge in [-0.05, 0) is 36.7 Å². The monoisotopic (exact) mass is 195 g/mol. The van der Waals surface area contributed by atoms with Crippen molar-refractivity contribution in [2.24, 2.45) is 0 Å². The standard InChI is InChI=1S/C11H14FNO/c1-13-7-11-10-3-2-9(12)6-8(10)4-5-14-11/h2-3,6,11,13H,4-5,7H2,1H3/t11-/m0/s1. The lowest BCUT2D eigenvalue weighted by atomic mass is 9.97.